The predicted octanol–water partition coefficient (Wildman–Crippen LogP) is 2.61. The Bertz CT molecular complexity index is 877. The fraction of sp³-hybridized carbons (Fsp3) is 0.125. The van der Waals surface area contributed by atoms with Crippen LogP contribution in [0.1, 0.15) is 27.5 Å². The number of aromatic nitrogens is 3. The number of benzene rings is 1. The lowest BCUT2D eigenvalue weighted by atomic mass is 9.96. The SMILES string of the molecule is O=CC(Cc1ccccc1)c1cc(Cl)c(C(=O)O)c2ncnn12. The molecule has 0 aliphatic rings. The van der Waals surface area contributed by atoms with Crippen LogP contribution in [-0.2, 0) is 11.2 Å². The number of hydrogen-bond acceptors (Lipinski definition) is 4. The van der Waals surface area contributed by atoms with Crippen LogP contribution >= 0.6 is 11.6 Å². The van der Waals surface area contributed by atoms with Gasteiger partial charge in [-0.25, -0.2) is 14.3 Å². The van der Waals surface area contributed by atoms with E-state index in [-0.39, 0.29) is 16.2 Å². The fourth-order valence-corrected chi connectivity index (χ4v) is 2.80. The molecule has 2 heterocycles. The molecule has 7 heteroatoms. The van der Waals surface area contributed by atoms with E-state index in [0.29, 0.717) is 12.1 Å². The van der Waals surface area contributed by atoms with Crippen LogP contribution in [0, 0.1) is 0 Å². The number of pyridine rings is 1. The van der Waals surface area contributed by atoms with Gasteiger partial charge in [0.1, 0.15) is 18.2 Å². The molecule has 116 valence electrons. The summed E-state index contributed by atoms with van der Waals surface area (Å²) in [6.45, 7) is 0. The van der Waals surface area contributed by atoms with Crippen molar-refractivity contribution in [3.05, 3.63) is 64.6 Å². The van der Waals surface area contributed by atoms with E-state index in [1.807, 2.05) is 30.3 Å². The second-order valence-corrected chi connectivity index (χ2v) is 5.43. The molecule has 0 fully saturated rings. The molecule has 1 unspecified atom stereocenters. The summed E-state index contributed by atoms with van der Waals surface area (Å²) in [5, 5.41) is 13.3. The standard InChI is InChI=1S/C16H12ClN3O3/c17-12-7-13(11(8-21)6-10-4-2-1-3-5-10)20-15(18-9-19-20)14(12)16(22)23/h1-5,7-9,11H,6H2,(H,22,23). The number of aldehydes is 1. The lowest BCUT2D eigenvalue weighted by Gasteiger charge is -2.14. The first kappa shape index (κ1) is 15.2. The quantitative estimate of drug-likeness (QED) is 0.727. The smallest absolute Gasteiger partial charge is 0.341 e. The van der Waals surface area contributed by atoms with Gasteiger partial charge in [-0.05, 0) is 18.1 Å². The number of carboxylic acids is 1. The summed E-state index contributed by atoms with van der Waals surface area (Å²) >= 11 is 6.09. The van der Waals surface area contributed by atoms with Crippen LogP contribution in [0.4, 0.5) is 0 Å². The first-order valence-electron chi connectivity index (χ1n) is 6.86. The van der Waals surface area contributed by atoms with Gasteiger partial charge in [0.25, 0.3) is 0 Å². The van der Waals surface area contributed by atoms with Crippen molar-refractivity contribution in [2.45, 2.75) is 12.3 Å². The van der Waals surface area contributed by atoms with E-state index in [4.69, 9.17) is 11.6 Å². The van der Waals surface area contributed by atoms with Gasteiger partial charge < -0.3 is 9.90 Å². The highest BCUT2D eigenvalue weighted by Crippen LogP contribution is 2.27. The van der Waals surface area contributed by atoms with E-state index < -0.39 is 11.9 Å². The van der Waals surface area contributed by atoms with Gasteiger partial charge >= 0.3 is 5.97 Å². The van der Waals surface area contributed by atoms with E-state index in [1.165, 1.54) is 16.9 Å². The van der Waals surface area contributed by atoms with Gasteiger partial charge in [-0.15, -0.1) is 0 Å². The molecule has 0 amide bonds. The summed E-state index contributed by atoms with van der Waals surface area (Å²) in [7, 11) is 0. The summed E-state index contributed by atoms with van der Waals surface area (Å²) in [6, 6.07) is 11.0. The molecule has 0 saturated carbocycles. The van der Waals surface area contributed by atoms with Crippen molar-refractivity contribution in [2.24, 2.45) is 0 Å². The second kappa shape index (κ2) is 6.18. The Morgan fingerprint density at radius 3 is 2.74 bits per heavy atom. The second-order valence-electron chi connectivity index (χ2n) is 5.03. The Morgan fingerprint density at radius 2 is 2.09 bits per heavy atom. The number of hydrogen-bond donors (Lipinski definition) is 1. The molecule has 0 spiro atoms. The minimum atomic E-state index is -1.19. The average molecular weight is 330 g/mol. The number of fused-ring (bicyclic) bond motifs is 1. The maximum absolute atomic E-state index is 11.6. The minimum absolute atomic E-state index is 0.0351. The van der Waals surface area contributed by atoms with Gasteiger partial charge in [-0.3, -0.25) is 0 Å². The molecule has 6 nitrogen and oxygen atoms in total. The normalized spacial score (nSPS) is 12.2. The third kappa shape index (κ3) is 2.80. The molecule has 2 aromatic heterocycles. The third-order valence-corrected chi connectivity index (χ3v) is 3.88. The highest BCUT2D eigenvalue weighted by Gasteiger charge is 2.23. The van der Waals surface area contributed by atoms with Crippen LogP contribution < -0.4 is 0 Å². The molecule has 0 aliphatic carbocycles. The van der Waals surface area contributed by atoms with Gasteiger partial charge in [0.15, 0.2) is 5.65 Å². The Morgan fingerprint density at radius 1 is 1.35 bits per heavy atom. The summed E-state index contributed by atoms with van der Waals surface area (Å²) in [4.78, 5) is 26.9. The minimum Gasteiger partial charge on any atom is -0.478 e. The van der Waals surface area contributed by atoms with Gasteiger partial charge in [-0.2, -0.15) is 5.10 Å². The highest BCUT2D eigenvalue weighted by atomic mass is 35.5. The highest BCUT2D eigenvalue weighted by molar-refractivity contribution is 6.34. The molecule has 23 heavy (non-hydrogen) atoms. The Hall–Kier alpha value is -2.73. The predicted molar refractivity (Wildman–Crippen MR) is 83.9 cm³/mol. The number of halogens is 1. The molecule has 3 rings (SSSR count). The third-order valence-electron chi connectivity index (χ3n) is 3.59. The molecule has 0 bridgehead atoms. The first-order chi connectivity index (χ1) is 11.1. The number of aromatic carboxylic acids is 1. The van der Waals surface area contributed by atoms with Crippen LogP contribution in [0.15, 0.2) is 42.7 Å². The van der Waals surface area contributed by atoms with Gasteiger partial charge in [0.2, 0.25) is 0 Å². The summed E-state index contributed by atoms with van der Waals surface area (Å²) in [5.74, 6) is -1.70. The Balaban J connectivity index is 2.11. The van der Waals surface area contributed by atoms with Gasteiger partial charge in [-0.1, -0.05) is 41.9 Å². The number of carboxylic acid groups (broad SMARTS) is 1. The van der Waals surface area contributed by atoms with Crippen LogP contribution in [-0.4, -0.2) is 32.0 Å². The number of nitrogens with zero attached hydrogens (tertiary/aromatic N) is 3. The lowest BCUT2D eigenvalue weighted by molar-refractivity contribution is -0.109. The fourth-order valence-electron chi connectivity index (χ4n) is 2.52. The molecule has 1 aromatic carbocycles. The number of carbonyl (C=O) groups excluding carboxylic acids is 1. The van der Waals surface area contributed by atoms with Crippen molar-refractivity contribution in [1.82, 2.24) is 14.6 Å². The zero-order valence-electron chi connectivity index (χ0n) is 11.9. The van der Waals surface area contributed by atoms with Crippen LogP contribution in [0.3, 0.4) is 0 Å². The molecule has 0 aliphatic heterocycles. The van der Waals surface area contributed by atoms with Gasteiger partial charge in [0, 0.05) is 0 Å². The molecule has 0 radical (unpaired) electrons. The molecule has 1 atom stereocenters. The lowest BCUT2D eigenvalue weighted by Crippen LogP contribution is -2.13. The van der Waals surface area contributed by atoms with Crippen molar-refractivity contribution >= 4 is 29.5 Å². The first-order valence-corrected chi connectivity index (χ1v) is 7.24. The summed E-state index contributed by atoms with van der Waals surface area (Å²) < 4.78 is 1.36. The van der Waals surface area contributed by atoms with Crippen LogP contribution in [0.5, 0.6) is 0 Å². The van der Waals surface area contributed by atoms with E-state index in [2.05, 4.69) is 10.1 Å². The largest absolute Gasteiger partial charge is 0.478 e. The monoisotopic (exact) mass is 329 g/mol. The topological polar surface area (TPSA) is 84.6 Å². The molecular weight excluding hydrogens is 318 g/mol. The van der Waals surface area contributed by atoms with Crippen molar-refractivity contribution < 1.29 is 14.7 Å². The van der Waals surface area contributed by atoms with E-state index in [0.717, 1.165) is 11.8 Å². The van der Waals surface area contributed by atoms with Crippen molar-refractivity contribution in [1.29, 1.82) is 0 Å². The van der Waals surface area contributed by atoms with Gasteiger partial charge in [0.05, 0.1) is 16.6 Å². The zero-order chi connectivity index (χ0) is 16.4. The molecule has 0 saturated heterocycles. The van der Waals surface area contributed by atoms with Crippen molar-refractivity contribution in [3.8, 4) is 0 Å². The van der Waals surface area contributed by atoms with E-state index in [9.17, 15) is 14.7 Å². The summed E-state index contributed by atoms with van der Waals surface area (Å²) in [6.07, 6.45) is 2.51. The molecular formula is C16H12ClN3O3. The average Bonchev–Trinajstić information content (AvgIpc) is 3.01. The zero-order valence-corrected chi connectivity index (χ0v) is 12.6. The van der Waals surface area contributed by atoms with Crippen molar-refractivity contribution in [2.75, 3.05) is 0 Å². The maximum Gasteiger partial charge on any atom is 0.341 e. The van der Waals surface area contributed by atoms with E-state index in [1.54, 1.807) is 0 Å². The Kier molecular flexibility index (Phi) is 4.08. The van der Waals surface area contributed by atoms with Crippen LogP contribution in [0.25, 0.3) is 5.65 Å². The maximum atomic E-state index is 11.6. The van der Waals surface area contributed by atoms with Crippen molar-refractivity contribution in [3.63, 3.8) is 0 Å². The number of carbonyl (C=O) groups is 2. The summed E-state index contributed by atoms with van der Waals surface area (Å²) in [5.41, 5.74) is 1.49. The molecule has 1 N–H and O–H groups in total. The number of rotatable bonds is 5. The van der Waals surface area contributed by atoms with E-state index >= 15 is 0 Å². The Labute approximate surface area is 136 Å². The van der Waals surface area contributed by atoms with Crippen LogP contribution in [0.2, 0.25) is 5.02 Å². The molecule has 3 aromatic rings.